The van der Waals surface area contributed by atoms with Crippen LogP contribution in [-0.4, -0.2) is 18.1 Å². The lowest BCUT2D eigenvalue weighted by atomic mass is 10.3. The van der Waals surface area contributed by atoms with Crippen molar-refractivity contribution in [2.24, 2.45) is 0 Å². The molecule has 1 N–H and O–H groups in total. The zero-order valence-corrected chi connectivity index (χ0v) is 12.4. The smallest absolute Gasteiger partial charge is 0.137 e. The van der Waals surface area contributed by atoms with Gasteiger partial charge in [-0.15, -0.1) is 11.3 Å². The average Bonchev–Trinajstić information content (AvgIpc) is 2.86. The first kappa shape index (κ1) is 14.3. The van der Waals surface area contributed by atoms with E-state index in [-0.39, 0.29) is 0 Å². The quantitative estimate of drug-likeness (QED) is 0.849. The van der Waals surface area contributed by atoms with Crippen molar-refractivity contribution in [3.63, 3.8) is 0 Å². The molecule has 3 nitrogen and oxygen atoms in total. The predicted molar refractivity (Wildman–Crippen MR) is 80.1 cm³/mol. The molecule has 0 radical (unpaired) electrons. The molecule has 0 saturated heterocycles. The lowest BCUT2D eigenvalue weighted by Gasteiger charge is -2.06. The minimum absolute atomic E-state index is 0.595. The number of hydrogen-bond donors (Lipinski definition) is 1. The molecule has 0 bridgehead atoms. The van der Waals surface area contributed by atoms with Crippen molar-refractivity contribution in [2.75, 3.05) is 13.2 Å². The van der Waals surface area contributed by atoms with E-state index >= 15 is 0 Å². The molecular formula is C14H17ClN2OS. The number of hydrogen-bond acceptors (Lipinski definition) is 4. The van der Waals surface area contributed by atoms with Gasteiger partial charge in [-0.2, -0.15) is 0 Å². The van der Waals surface area contributed by atoms with Gasteiger partial charge in [0.1, 0.15) is 5.75 Å². The zero-order chi connectivity index (χ0) is 13.5. The molecule has 5 heteroatoms. The summed E-state index contributed by atoms with van der Waals surface area (Å²) in [7, 11) is 0. The Balaban J connectivity index is 1.79. The van der Waals surface area contributed by atoms with E-state index in [9.17, 15) is 0 Å². The maximum Gasteiger partial charge on any atom is 0.137 e. The fourth-order valence-corrected chi connectivity index (χ4v) is 2.67. The molecule has 1 aromatic heterocycles. The summed E-state index contributed by atoms with van der Waals surface area (Å²) in [5.74, 6) is 0.730. The predicted octanol–water partition coefficient (Wildman–Crippen LogP) is 3.53. The van der Waals surface area contributed by atoms with E-state index < -0.39 is 0 Å². The van der Waals surface area contributed by atoms with Crippen molar-refractivity contribution in [2.45, 2.75) is 19.9 Å². The second-order valence-electron chi connectivity index (χ2n) is 4.03. The van der Waals surface area contributed by atoms with E-state index in [1.54, 1.807) is 11.3 Å². The summed E-state index contributed by atoms with van der Waals surface area (Å²) in [5, 5.41) is 5.03. The topological polar surface area (TPSA) is 34.2 Å². The Bertz CT molecular complexity index is 516. The second kappa shape index (κ2) is 7.48. The largest absolute Gasteiger partial charge is 0.492 e. The lowest BCUT2D eigenvalue weighted by Crippen LogP contribution is -2.10. The Morgan fingerprint density at radius 2 is 2.21 bits per heavy atom. The van der Waals surface area contributed by atoms with E-state index in [1.807, 2.05) is 30.5 Å². The molecule has 0 amide bonds. The number of halogens is 1. The summed E-state index contributed by atoms with van der Waals surface area (Å²) >= 11 is 7.75. The molecule has 0 saturated carbocycles. The Labute approximate surface area is 122 Å². The van der Waals surface area contributed by atoms with Gasteiger partial charge in [-0.1, -0.05) is 30.7 Å². The van der Waals surface area contributed by atoms with Gasteiger partial charge in [0, 0.05) is 24.0 Å². The molecule has 0 spiro atoms. The Kier molecular flexibility index (Phi) is 5.63. The molecule has 0 unspecified atom stereocenters. The van der Waals surface area contributed by atoms with E-state index in [0.29, 0.717) is 11.6 Å². The third kappa shape index (κ3) is 4.49. The molecule has 2 aromatic rings. The molecule has 102 valence electrons. The molecule has 0 aliphatic heterocycles. The van der Waals surface area contributed by atoms with Crippen LogP contribution in [0.4, 0.5) is 0 Å². The zero-order valence-electron chi connectivity index (χ0n) is 10.9. The highest BCUT2D eigenvalue weighted by Crippen LogP contribution is 2.23. The van der Waals surface area contributed by atoms with Crippen LogP contribution in [0, 0.1) is 0 Å². The van der Waals surface area contributed by atoms with Crippen molar-refractivity contribution < 1.29 is 4.74 Å². The van der Waals surface area contributed by atoms with Crippen molar-refractivity contribution >= 4 is 22.9 Å². The number of nitrogens with zero attached hydrogens (tertiary/aromatic N) is 1. The van der Waals surface area contributed by atoms with Gasteiger partial charge >= 0.3 is 0 Å². The molecule has 2 rings (SSSR count). The third-order valence-electron chi connectivity index (χ3n) is 2.56. The summed E-state index contributed by atoms with van der Waals surface area (Å²) in [5.41, 5.74) is 0. The van der Waals surface area contributed by atoms with Crippen LogP contribution >= 0.6 is 22.9 Å². The standard InChI is InChI=1S/C14H17ClN2OS/c1-2-16-9-11-10-17-14(19-11)7-8-18-13-6-4-3-5-12(13)15/h3-6,10,16H,2,7-9H2,1H3. The molecule has 19 heavy (non-hydrogen) atoms. The van der Waals surface area contributed by atoms with Gasteiger partial charge in [0.15, 0.2) is 0 Å². The molecule has 0 atom stereocenters. The van der Waals surface area contributed by atoms with Crippen LogP contribution < -0.4 is 10.1 Å². The van der Waals surface area contributed by atoms with Gasteiger partial charge in [0.25, 0.3) is 0 Å². The summed E-state index contributed by atoms with van der Waals surface area (Å²) in [6, 6.07) is 7.51. The van der Waals surface area contributed by atoms with Gasteiger partial charge in [0.05, 0.1) is 16.6 Å². The Morgan fingerprint density at radius 3 is 3.00 bits per heavy atom. The average molecular weight is 297 g/mol. The minimum Gasteiger partial charge on any atom is -0.492 e. The number of thiazole rings is 1. The van der Waals surface area contributed by atoms with Crippen LogP contribution in [0.25, 0.3) is 0 Å². The summed E-state index contributed by atoms with van der Waals surface area (Å²) in [4.78, 5) is 5.65. The lowest BCUT2D eigenvalue weighted by molar-refractivity contribution is 0.322. The number of benzene rings is 1. The fraction of sp³-hybridized carbons (Fsp3) is 0.357. The first-order chi connectivity index (χ1) is 9.29. The van der Waals surface area contributed by atoms with Crippen molar-refractivity contribution in [3.05, 3.63) is 45.4 Å². The van der Waals surface area contributed by atoms with Gasteiger partial charge in [-0.25, -0.2) is 4.98 Å². The number of aromatic nitrogens is 1. The van der Waals surface area contributed by atoms with Gasteiger partial charge in [-0.3, -0.25) is 0 Å². The van der Waals surface area contributed by atoms with E-state index in [4.69, 9.17) is 16.3 Å². The fourth-order valence-electron chi connectivity index (χ4n) is 1.60. The Morgan fingerprint density at radius 1 is 1.37 bits per heavy atom. The number of nitrogens with one attached hydrogen (secondary N) is 1. The normalized spacial score (nSPS) is 10.6. The number of rotatable bonds is 7. The first-order valence-corrected chi connectivity index (χ1v) is 7.50. The maximum atomic E-state index is 6.02. The molecule has 0 fully saturated rings. The summed E-state index contributed by atoms with van der Waals surface area (Å²) in [6.45, 7) is 4.56. The highest BCUT2D eigenvalue weighted by atomic mass is 35.5. The minimum atomic E-state index is 0.595. The van der Waals surface area contributed by atoms with Crippen molar-refractivity contribution in [3.8, 4) is 5.75 Å². The van der Waals surface area contributed by atoms with Crippen LogP contribution in [0.1, 0.15) is 16.8 Å². The third-order valence-corrected chi connectivity index (χ3v) is 3.93. The van der Waals surface area contributed by atoms with Crippen molar-refractivity contribution in [1.82, 2.24) is 10.3 Å². The van der Waals surface area contributed by atoms with E-state index in [0.717, 1.165) is 30.3 Å². The molecule has 1 heterocycles. The summed E-state index contributed by atoms with van der Waals surface area (Å²) in [6.07, 6.45) is 2.74. The molecular weight excluding hydrogens is 280 g/mol. The Hall–Kier alpha value is -1.10. The number of para-hydroxylation sites is 1. The number of ether oxygens (including phenoxy) is 1. The molecule has 0 aliphatic carbocycles. The monoisotopic (exact) mass is 296 g/mol. The van der Waals surface area contributed by atoms with E-state index in [2.05, 4.69) is 17.2 Å². The van der Waals surface area contributed by atoms with Crippen LogP contribution in [0.2, 0.25) is 5.02 Å². The first-order valence-electron chi connectivity index (χ1n) is 6.31. The van der Waals surface area contributed by atoms with Crippen molar-refractivity contribution in [1.29, 1.82) is 0 Å². The van der Waals surface area contributed by atoms with Crippen LogP contribution in [0.3, 0.4) is 0 Å². The SMILES string of the molecule is CCNCc1cnc(CCOc2ccccc2Cl)s1. The highest BCUT2D eigenvalue weighted by Gasteiger charge is 2.03. The van der Waals surface area contributed by atoms with E-state index in [1.165, 1.54) is 4.88 Å². The molecule has 1 aromatic carbocycles. The summed E-state index contributed by atoms with van der Waals surface area (Å²) < 4.78 is 5.65. The second-order valence-corrected chi connectivity index (χ2v) is 5.64. The highest BCUT2D eigenvalue weighted by molar-refractivity contribution is 7.11. The van der Waals surface area contributed by atoms with Crippen LogP contribution in [-0.2, 0) is 13.0 Å². The molecule has 0 aliphatic rings. The van der Waals surface area contributed by atoms with Gasteiger partial charge < -0.3 is 10.1 Å². The van der Waals surface area contributed by atoms with Gasteiger partial charge in [0.2, 0.25) is 0 Å². The van der Waals surface area contributed by atoms with Crippen LogP contribution in [0.5, 0.6) is 5.75 Å². The van der Waals surface area contributed by atoms with Gasteiger partial charge in [-0.05, 0) is 18.7 Å². The maximum absolute atomic E-state index is 6.02. The van der Waals surface area contributed by atoms with Crippen LogP contribution in [0.15, 0.2) is 30.5 Å².